The van der Waals surface area contributed by atoms with Crippen molar-refractivity contribution in [3.8, 4) is 0 Å². The number of hydrogen-bond acceptors (Lipinski definition) is 3. The van der Waals surface area contributed by atoms with Crippen LogP contribution in [0.3, 0.4) is 0 Å². The topological polar surface area (TPSA) is 16.1 Å². The van der Waals surface area contributed by atoms with Gasteiger partial charge in [0.05, 0.1) is 5.52 Å². The monoisotopic (exact) mass is 396 g/mol. The number of nitrogens with zero attached hydrogens (tertiary/aromatic N) is 2. The maximum Gasteiger partial charge on any atom is 0.200 e. The van der Waals surface area contributed by atoms with Gasteiger partial charge >= 0.3 is 0 Å². The summed E-state index contributed by atoms with van der Waals surface area (Å²) in [6, 6.07) is 9.28. The van der Waals surface area contributed by atoms with Crippen molar-refractivity contribution in [2.75, 3.05) is 0 Å². The van der Waals surface area contributed by atoms with Gasteiger partial charge in [-0.15, -0.1) is 0 Å². The second kappa shape index (κ2) is 7.09. The molecule has 1 aliphatic carbocycles. The molecule has 4 rings (SSSR count). The molecule has 2 aromatic carbocycles. The molecule has 1 saturated carbocycles. The highest BCUT2D eigenvalue weighted by atomic mass is 32.2. The van der Waals surface area contributed by atoms with Gasteiger partial charge in [-0.2, -0.15) is 0 Å². The molecule has 0 saturated heterocycles. The van der Waals surface area contributed by atoms with Gasteiger partial charge in [0, 0.05) is 24.2 Å². The standard InChI is InChI=1S/C19H13F5N2S/c20-14-15(21)17(23)19(18(24)16(14)22)27-26(12-4-5-12)9-10-3-6-13-11(8-10)2-1-7-25-13/h1-3,6-8,12H,4-5,9H2. The number of hydrogen-bond donors (Lipinski definition) is 0. The normalized spacial score (nSPS) is 14.3. The summed E-state index contributed by atoms with van der Waals surface area (Å²) in [5.74, 6) is -9.60. The van der Waals surface area contributed by atoms with Crippen LogP contribution >= 0.6 is 11.9 Å². The van der Waals surface area contributed by atoms with E-state index >= 15 is 0 Å². The molecule has 2 nitrogen and oxygen atoms in total. The Bertz CT molecular complexity index is 993. The molecule has 3 aromatic rings. The third kappa shape index (κ3) is 3.51. The van der Waals surface area contributed by atoms with Gasteiger partial charge in [0.15, 0.2) is 23.3 Å². The van der Waals surface area contributed by atoms with E-state index in [4.69, 9.17) is 0 Å². The molecular formula is C19H13F5N2S. The quantitative estimate of drug-likeness (QED) is 0.242. The highest BCUT2D eigenvalue weighted by Crippen LogP contribution is 2.40. The first-order valence-electron chi connectivity index (χ1n) is 8.25. The fourth-order valence-corrected chi connectivity index (χ4v) is 3.93. The molecule has 0 bridgehead atoms. The lowest BCUT2D eigenvalue weighted by atomic mass is 10.1. The molecule has 0 unspecified atom stereocenters. The average Bonchev–Trinajstić information content (AvgIpc) is 3.52. The summed E-state index contributed by atoms with van der Waals surface area (Å²) < 4.78 is 69.9. The Balaban J connectivity index is 1.64. The van der Waals surface area contributed by atoms with Gasteiger partial charge < -0.3 is 0 Å². The van der Waals surface area contributed by atoms with E-state index in [2.05, 4.69) is 4.98 Å². The third-order valence-electron chi connectivity index (χ3n) is 4.34. The summed E-state index contributed by atoms with van der Waals surface area (Å²) in [6.07, 6.45) is 3.28. The number of halogens is 5. The van der Waals surface area contributed by atoms with Gasteiger partial charge in [-0.25, -0.2) is 26.3 Å². The summed E-state index contributed by atoms with van der Waals surface area (Å²) in [7, 11) is 0. The second-order valence-corrected chi connectivity index (χ2v) is 7.39. The van der Waals surface area contributed by atoms with Crippen LogP contribution < -0.4 is 0 Å². The van der Waals surface area contributed by atoms with E-state index in [9.17, 15) is 22.0 Å². The van der Waals surface area contributed by atoms with E-state index in [-0.39, 0.29) is 6.04 Å². The number of benzene rings is 2. The van der Waals surface area contributed by atoms with E-state index in [0.717, 1.165) is 29.3 Å². The van der Waals surface area contributed by atoms with Gasteiger partial charge in [-0.3, -0.25) is 4.98 Å². The first-order valence-corrected chi connectivity index (χ1v) is 9.02. The Hall–Kier alpha value is -2.19. The zero-order valence-electron chi connectivity index (χ0n) is 13.9. The zero-order chi connectivity index (χ0) is 19.1. The molecular weight excluding hydrogens is 383 g/mol. The van der Waals surface area contributed by atoms with Crippen LogP contribution in [0.25, 0.3) is 10.9 Å². The summed E-state index contributed by atoms with van der Waals surface area (Å²) >= 11 is 0.571. The van der Waals surface area contributed by atoms with E-state index in [1.165, 1.54) is 0 Å². The lowest BCUT2D eigenvalue weighted by molar-refractivity contribution is 0.358. The minimum absolute atomic E-state index is 0.0228. The maximum atomic E-state index is 14.0. The molecule has 1 heterocycles. The predicted octanol–water partition coefficient (Wildman–Crippen LogP) is 5.60. The molecule has 27 heavy (non-hydrogen) atoms. The Morgan fingerprint density at radius 1 is 0.926 bits per heavy atom. The lowest BCUT2D eigenvalue weighted by Crippen LogP contribution is -2.19. The second-order valence-electron chi connectivity index (χ2n) is 6.33. The lowest BCUT2D eigenvalue weighted by Gasteiger charge is -2.22. The predicted molar refractivity (Wildman–Crippen MR) is 92.4 cm³/mol. The molecule has 0 amide bonds. The molecule has 0 N–H and O–H groups in total. The van der Waals surface area contributed by atoms with Gasteiger partial charge in [0.2, 0.25) is 5.82 Å². The first-order chi connectivity index (χ1) is 13.0. The van der Waals surface area contributed by atoms with Crippen molar-refractivity contribution in [2.45, 2.75) is 30.3 Å². The summed E-state index contributed by atoms with van der Waals surface area (Å²) in [5, 5.41) is 0.909. The fraction of sp³-hybridized carbons (Fsp3) is 0.211. The van der Waals surface area contributed by atoms with Crippen molar-refractivity contribution in [2.24, 2.45) is 0 Å². The SMILES string of the molecule is Fc1c(F)c(F)c(SN(Cc2ccc3ncccc3c2)C2CC2)c(F)c1F. The Labute approximate surface area is 156 Å². The van der Waals surface area contributed by atoms with Crippen molar-refractivity contribution in [3.05, 3.63) is 71.2 Å². The molecule has 8 heteroatoms. The van der Waals surface area contributed by atoms with Crippen molar-refractivity contribution < 1.29 is 22.0 Å². The third-order valence-corrected chi connectivity index (χ3v) is 5.54. The smallest absolute Gasteiger partial charge is 0.200 e. The minimum atomic E-state index is -2.14. The van der Waals surface area contributed by atoms with Crippen LogP contribution in [0.4, 0.5) is 22.0 Å². The highest BCUT2D eigenvalue weighted by Gasteiger charge is 2.34. The van der Waals surface area contributed by atoms with E-state index in [1.54, 1.807) is 16.6 Å². The van der Waals surface area contributed by atoms with Crippen molar-refractivity contribution in [3.63, 3.8) is 0 Å². The Kier molecular flexibility index (Phi) is 4.77. The molecule has 1 aromatic heterocycles. The van der Waals surface area contributed by atoms with E-state index in [0.29, 0.717) is 18.5 Å². The van der Waals surface area contributed by atoms with Crippen LogP contribution in [0.5, 0.6) is 0 Å². The molecule has 1 fully saturated rings. The van der Waals surface area contributed by atoms with Crippen LogP contribution in [-0.2, 0) is 6.54 Å². The number of rotatable bonds is 5. The Morgan fingerprint density at radius 2 is 1.59 bits per heavy atom. The number of aromatic nitrogens is 1. The van der Waals surface area contributed by atoms with Crippen LogP contribution in [0.15, 0.2) is 41.4 Å². The summed E-state index contributed by atoms with van der Waals surface area (Å²) in [5.41, 5.74) is 1.67. The molecule has 1 aliphatic rings. The summed E-state index contributed by atoms with van der Waals surface area (Å²) in [6.45, 7) is 0.305. The van der Waals surface area contributed by atoms with Gasteiger partial charge in [-0.05, 0) is 48.6 Å². The Morgan fingerprint density at radius 3 is 2.26 bits per heavy atom. The summed E-state index contributed by atoms with van der Waals surface area (Å²) in [4.78, 5) is 3.36. The van der Waals surface area contributed by atoms with E-state index in [1.807, 2.05) is 24.3 Å². The van der Waals surface area contributed by atoms with Crippen molar-refractivity contribution in [1.29, 1.82) is 0 Å². The number of fused-ring (bicyclic) bond motifs is 1. The zero-order valence-corrected chi connectivity index (χ0v) is 14.7. The molecule has 0 aliphatic heterocycles. The number of pyridine rings is 1. The van der Waals surface area contributed by atoms with Crippen molar-refractivity contribution in [1.82, 2.24) is 9.29 Å². The molecule has 0 atom stereocenters. The van der Waals surface area contributed by atoms with Crippen LogP contribution in [0, 0.1) is 29.1 Å². The highest BCUT2D eigenvalue weighted by molar-refractivity contribution is 7.97. The van der Waals surface area contributed by atoms with Crippen LogP contribution in [0.2, 0.25) is 0 Å². The minimum Gasteiger partial charge on any atom is -0.256 e. The maximum absolute atomic E-state index is 14.0. The largest absolute Gasteiger partial charge is 0.256 e. The molecule has 0 spiro atoms. The van der Waals surface area contributed by atoms with E-state index < -0.39 is 34.0 Å². The van der Waals surface area contributed by atoms with Gasteiger partial charge in [0.1, 0.15) is 4.90 Å². The van der Waals surface area contributed by atoms with Gasteiger partial charge in [-0.1, -0.05) is 12.1 Å². The van der Waals surface area contributed by atoms with Crippen LogP contribution in [0.1, 0.15) is 18.4 Å². The van der Waals surface area contributed by atoms with Gasteiger partial charge in [0.25, 0.3) is 0 Å². The first kappa shape index (κ1) is 18.2. The molecule has 140 valence electrons. The molecule has 0 radical (unpaired) electrons. The van der Waals surface area contributed by atoms with Crippen molar-refractivity contribution >= 4 is 22.9 Å². The average molecular weight is 396 g/mol. The fourth-order valence-electron chi connectivity index (χ4n) is 2.78. The van der Waals surface area contributed by atoms with Crippen LogP contribution in [-0.4, -0.2) is 15.3 Å².